The molecular formula is C18H26N2O2. The van der Waals surface area contributed by atoms with Crippen molar-refractivity contribution in [1.82, 2.24) is 10.8 Å². The Bertz CT molecular complexity index is 537. The predicted octanol–water partition coefficient (Wildman–Crippen LogP) is 2.97. The molecule has 0 spiro atoms. The maximum Gasteiger partial charge on any atom is 0.274 e. The lowest BCUT2D eigenvalue weighted by Crippen LogP contribution is -2.54. The van der Waals surface area contributed by atoms with Crippen molar-refractivity contribution in [2.24, 2.45) is 23.2 Å². The highest BCUT2D eigenvalue weighted by atomic mass is 16.5. The molecule has 3 saturated carbocycles. The van der Waals surface area contributed by atoms with Crippen molar-refractivity contribution in [3.63, 3.8) is 0 Å². The first-order valence-corrected chi connectivity index (χ1v) is 8.26. The number of nitrogens with one attached hydrogen (secondary N) is 2. The molecule has 4 heteroatoms. The molecule has 4 nitrogen and oxygen atoms in total. The summed E-state index contributed by atoms with van der Waals surface area (Å²) in [6.45, 7) is 6.78. The third-order valence-electron chi connectivity index (χ3n) is 6.05. The van der Waals surface area contributed by atoms with E-state index in [0.29, 0.717) is 11.0 Å². The molecule has 0 radical (unpaired) electrons. The third kappa shape index (κ3) is 2.77. The Morgan fingerprint density at radius 1 is 1.27 bits per heavy atom. The van der Waals surface area contributed by atoms with Crippen molar-refractivity contribution in [2.45, 2.75) is 39.7 Å². The van der Waals surface area contributed by atoms with E-state index in [1.165, 1.54) is 19.3 Å². The number of benzene rings is 1. The van der Waals surface area contributed by atoms with Crippen LogP contribution >= 0.6 is 0 Å². The van der Waals surface area contributed by atoms with Crippen LogP contribution in [-0.4, -0.2) is 17.7 Å². The van der Waals surface area contributed by atoms with Crippen LogP contribution in [-0.2, 0) is 6.54 Å². The number of carbonyl (C=O) groups is 1. The Balaban J connectivity index is 1.48. The summed E-state index contributed by atoms with van der Waals surface area (Å²) in [4.78, 5) is 11.3. The van der Waals surface area contributed by atoms with E-state index in [0.717, 1.165) is 36.4 Å². The van der Waals surface area contributed by atoms with Gasteiger partial charge in [0.1, 0.15) is 0 Å². The van der Waals surface area contributed by atoms with Crippen LogP contribution in [0.1, 0.15) is 49.0 Å². The van der Waals surface area contributed by atoms with Crippen molar-refractivity contribution in [3.05, 3.63) is 35.4 Å². The maximum atomic E-state index is 11.3. The van der Waals surface area contributed by atoms with Gasteiger partial charge in [0.15, 0.2) is 0 Å². The zero-order valence-corrected chi connectivity index (χ0v) is 13.4. The number of amides is 1. The Morgan fingerprint density at radius 2 is 2.00 bits per heavy atom. The van der Waals surface area contributed by atoms with Gasteiger partial charge in [-0.1, -0.05) is 26.0 Å². The topological polar surface area (TPSA) is 61.4 Å². The van der Waals surface area contributed by atoms with Crippen molar-refractivity contribution < 1.29 is 10.0 Å². The van der Waals surface area contributed by atoms with E-state index in [-0.39, 0.29) is 0 Å². The third-order valence-corrected chi connectivity index (χ3v) is 6.05. The molecule has 3 atom stereocenters. The Morgan fingerprint density at radius 3 is 2.59 bits per heavy atom. The van der Waals surface area contributed by atoms with Gasteiger partial charge >= 0.3 is 0 Å². The summed E-state index contributed by atoms with van der Waals surface area (Å²) >= 11 is 0. The molecule has 0 aliphatic heterocycles. The van der Waals surface area contributed by atoms with Crippen LogP contribution in [0.5, 0.6) is 0 Å². The van der Waals surface area contributed by atoms with Crippen LogP contribution in [0.2, 0.25) is 0 Å². The molecule has 3 aliphatic rings. The minimum absolute atomic E-state index is 0.469. The predicted molar refractivity (Wildman–Crippen MR) is 85.5 cm³/mol. The fraction of sp³-hybridized carbons (Fsp3) is 0.611. The van der Waals surface area contributed by atoms with Gasteiger partial charge in [0.25, 0.3) is 5.91 Å². The van der Waals surface area contributed by atoms with Gasteiger partial charge in [0.2, 0.25) is 0 Å². The monoisotopic (exact) mass is 302 g/mol. The van der Waals surface area contributed by atoms with E-state index in [9.17, 15) is 4.79 Å². The maximum absolute atomic E-state index is 11.3. The normalized spacial score (nSPS) is 28.8. The smallest absolute Gasteiger partial charge is 0.274 e. The van der Waals surface area contributed by atoms with E-state index in [1.54, 1.807) is 17.6 Å². The van der Waals surface area contributed by atoms with Crippen molar-refractivity contribution in [3.8, 4) is 0 Å². The molecule has 3 fully saturated rings. The number of hydrogen-bond acceptors (Lipinski definition) is 3. The molecule has 0 saturated heterocycles. The van der Waals surface area contributed by atoms with Gasteiger partial charge in [-0.25, -0.2) is 5.48 Å². The Labute approximate surface area is 132 Å². The average molecular weight is 302 g/mol. The number of rotatable bonds is 5. The number of fused-ring (bicyclic) bond motifs is 2. The molecule has 1 amide bonds. The van der Waals surface area contributed by atoms with E-state index in [1.807, 2.05) is 12.1 Å². The summed E-state index contributed by atoms with van der Waals surface area (Å²) in [7, 11) is 0. The molecular weight excluding hydrogens is 276 g/mol. The summed E-state index contributed by atoms with van der Waals surface area (Å²) in [5, 5.41) is 12.2. The van der Waals surface area contributed by atoms with Crippen LogP contribution in [0.25, 0.3) is 0 Å². The van der Waals surface area contributed by atoms with Gasteiger partial charge in [0.05, 0.1) is 0 Å². The van der Waals surface area contributed by atoms with Crippen molar-refractivity contribution in [1.29, 1.82) is 0 Å². The molecule has 120 valence electrons. The minimum Gasteiger partial charge on any atom is -0.312 e. The highest BCUT2D eigenvalue weighted by molar-refractivity contribution is 5.93. The van der Waals surface area contributed by atoms with Crippen LogP contribution in [0.4, 0.5) is 0 Å². The lowest BCUT2D eigenvalue weighted by Gasteiger charge is -2.60. The molecule has 4 rings (SSSR count). The highest BCUT2D eigenvalue weighted by Crippen LogP contribution is 2.61. The molecule has 3 aliphatic carbocycles. The quantitative estimate of drug-likeness (QED) is 0.579. The van der Waals surface area contributed by atoms with Gasteiger partial charge in [-0.3, -0.25) is 10.0 Å². The SMILES string of the molecule is CC1(C)C2CCC(CNCc3ccc(C(=O)NO)cc3)C1C2. The zero-order chi connectivity index (χ0) is 15.7. The fourth-order valence-electron chi connectivity index (χ4n) is 4.45. The van der Waals surface area contributed by atoms with Gasteiger partial charge < -0.3 is 5.32 Å². The Hall–Kier alpha value is -1.39. The number of hydroxylamine groups is 1. The van der Waals surface area contributed by atoms with E-state index >= 15 is 0 Å². The molecule has 3 unspecified atom stereocenters. The molecule has 2 bridgehead atoms. The molecule has 3 N–H and O–H groups in total. The van der Waals surface area contributed by atoms with Gasteiger partial charge in [-0.2, -0.15) is 0 Å². The molecule has 1 aromatic rings. The average Bonchev–Trinajstić information content (AvgIpc) is 2.54. The van der Waals surface area contributed by atoms with Crippen LogP contribution in [0.15, 0.2) is 24.3 Å². The number of hydrogen-bond donors (Lipinski definition) is 3. The lowest BCUT2D eigenvalue weighted by molar-refractivity contribution is -0.103. The minimum atomic E-state index is -0.469. The van der Waals surface area contributed by atoms with E-state index in [4.69, 9.17) is 5.21 Å². The van der Waals surface area contributed by atoms with Crippen molar-refractivity contribution >= 4 is 5.91 Å². The summed E-state index contributed by atoms with van der Waals surface area (Å²) < 4.78 is 0. The first-order valence-electron chi connectivity index (χ1n) is 8.26. The molecule has 0 aromatic heterocycles. The summed E-state index contributed by atoms with van der Waals surface area (Å²) in [6, 6.07) is 7.34. The van der Waals surface area contributed by atoms with Gasteiger partial charge in [-0.05, 0) is 66.7 Å². The summed E-state index contributed by atoms with van der Waals surface area (Å²) in [6.07, 6.45) is 4.17. The van der Waals surface area contributed by atoms with Gasteiger partial charge in [-0.15, -0.1) is 0 Å². The van der Waals surface area contributed by atoms with E-state index in [2.05, 4.69) is 19.2 Å². The second-order valence-corrected chi connectivity index (χ2v) is 7.47. The zero-order valence-electron chi connectivity index (χ0n) is 13.4. The first-order chi connectivity index (χ1) is 10.5. The Kier molecular flexibility index (Phi) is 4.24. The second-order valence-electron chi connectivity index (χ2n) is 7.47. The van der Waals surface area contributed by atoms with Crippen LogP contribution in [0.3, 0.4) is 0 Å². The highest BCUT2D eigenvalue weighted by Gasteiger charge is 2.53. The van der Waals surface area contributed by atoms with Crippen LogP contribution in [0, 0.1) is 23.2 Å². The summed E-state index contributed by atoms with van der Waals surface area (Å²) in [5.41, 5.74) is 3.83. The molecule has 22 heavy (non-hydrogen) atoms. The van der Waals surface area contributed by atoms with Crippen LogP contribution < -0.4 is 10.8 Å². The fourth-order valence-corrected chi connectivity index (χ4v) is 4.45. The van der Waals surface area contributed by atoms with Crippen molar-refractivity contribution in [2.75, 3.05) is 6.54 Å². The lowest BCUT2D eigenvalue weighted by atomic mass is 9.45. The molecule has 0 heterocycles. The number of carbonyl (C=O) groups excluding carboxylic acids is 1. The summed E-state index contributed by atoms with van der Waals surface area (Å²) in [5.74, 6) is 2.18. The van der Waals surface area contributed by atoms with Gasteiger partial charge in [0, 0.05) is 12.1 Å². The standard InChI is InChI=1S/C18H26N2O2/c1-18(2)15-8-7-14(16(18)9-15)11-19-10-12-3-5-13(6-4-12)17(21)20-22/h3-6,14-16,19,22H,7-11H2,1-2H3,(H,20,21). The second kappa shape index (κ2) is 6.01. The van der Waals surface area contributed by atoms with E-state index < -0.39 is 5.91 Å². The molecule has 1 aromatic carbocycles. The first kappa shape index (κ1) is 15.5. The largest absolute Gasteiger partial charge is 0.312 e.